The molecular formula is C13H17N7. The van der Waals surface area contributed by atoms with Crippen molar-refractivity contribution in [2.45, 2.75) is 26.3 Å². The number of H-pyrrole nitrogens is 1. The predicted octanol–water partition coefficient (Wildman–Crippen LogP) is 0.878. The second-order valence-corrected chi connectivity index (χ2v) is 4.76. The number of nitrogens with zero attached hydrogens (tertiary/aromatic N) is 5. The van der Waals surface area contributed by atoms with Gasteiger partial charge in [0, 0.05) is 37.0 Å². The predicted molar refractivity (Wildman–Crippen MR) is 74.1 cm³/mol. The Hall–Kier alpha value is -2.28. The fourth-order valence-corrected chi connectivity index (χ4v) is 2.09. The first-order valence-electron chi connectivity index (χ1n) is 6.67. The molecule has 7 heteroatoms. The highest BCUT2D eigenvalue weighted by Gasteiger charge is 2.01. The van der Waals surface area contributed by atoms with Crippen LogP contribution in [-0.4, -0.2) is 36.3 Å². The van der Waals surface area contributed by atoms with Crippen molar-refractivity contribution in [1.29, 1.82) is 0 Å². The number of aromatic nitrogens is 6. The number of hydrogen-bond donors (Lipinski definition) is 2. The average Bonchev–Trinajstić information content (AvgIpc) is 3.06. The van der Waals surface area contributed by atoms with E-state index in [0.29, 0.717) is 0 Å². The van der Waals surface area contributed by atoms with Crippen molar-refractivity contribution >= 4 is 5.65 Å². The van der Waals surface area contributed by atoms with Gasteiger partial charge in [-0.25, -0.2) is 14.5 Å². The largest absolute Gasteiger partial charge is 0.313 e. The van der Waals surface area contributed by atoms with Gasteiger partial charge in [0.1, 0.15) is 12.2 Å². The van der Waals surface area contributed by atoms with Gasteiger partial charge < -0.3 is 5.32 Å². The maximum absolute atomic E-state index is 4.38. The summed E-state index contributed by atoms with van der Waals surface area (Å²) >= 11 is 0. The van der Waals surface area contributed by atoms with Gasteiger partial charge in [0.15, 0.2) is 5.65 Å². The highest BCUT2D eigenvalue weighted by molar-refractivity contribution is 5.38. The molecule has 0 amide bonds. The minimum Gasteiger partial charge on any atom is -0.313 e. The van der Waals surface area contributed by atoms with E-state index < -0.39 is 0 Å². The minimum absolute atomic E-state index is 0.790. The first kappa shape index (κ1) is 12.7. The molecule has 3 aromatic heterocycles. The maximum atomic E-state index is 4.38. The van der Waals surface area contributed by atoms with Crippen LogP contribution in [0.2, 0.25) is 0 Å². The Balaban J connectivity index is 1.47. The van der Waals surface area contributed by atoms with Crippen LogP contribution in [0.15, 0.2) is 24.8 Å². The third-order valence-electron chi connectivity index (χ3n) is 3.05. The molecule has 0 unspecified atom stereocenters. The van der Waals surface area contributed by atoms with Crippen molar-refractivity contribution < 1.29 is 0 Å². The van der Waals surface area contributed by atoms with E-state index in [4.69, 9.17) is 0 Å². The van der Waals surface area contributed by atoms with Gasteiger partial charge in [0.05, 0.1) is 5.69 Å². The molecule has 0 saturated heterocycles. The Morgan fingerprint density at radius 2 is 2.30 bits per heavy atom. The number of aryl methyl sites for hydroxylation is 2. The van der Waals surface area contributed by atoms with Gasteiger partial charge >= 0.3 is 0 Å². The highest BCUT2D eigenvalue weighted by Crippen LogP contribution is 2.04. The van der Waals surface area contributed by atoms with Crippen LogP contribution in [0.4, 0.5) is 0 Å². The maximum Gasteiger partial charge on any atom is 0.155 e. The van der Waals surface area contributed by atoms with E-state index in [1.165, 1.54) is 6.33 Å². The third-order valence-corrected chi connectivity index (χ3v) is 3.05. The zero-order valence-electron chi connectivity index (χ0n) is 11.4. The highest BCUT2D eigenvalue weighted by atomic mass is 15.2. The normalized spacial score (nSPS) is 11.2. The summed E-state index contributed by atoms with van der Waals surface area (Å²) in [5.41, 5.74) is 2.99. The van der Waals surface area contributed by atoms with Gasteiger partial charge in [-0.3, -0.25) is 5.10 Å². The lowest BCUT2D eigenvalue weighted by atomic mass is 10.3. The molecule has 0 aromatic carbocycles. The minimum atomic E-state index is 0.790. The van der Waals surface area contributed by atoms with Crippen molar-refractivity contribution in [1.82, 2.24) is 35.1 Å². The molecule has 0 aliphatic heterocycles. The van der Waals surface area contributed by atoms with Crippen molar-refractivity contribution in [2.75, 3.05) is 6.54 Å². The number of fused-ring (bicyclic) bond motifs is 1. The molecule has 0 bridgehead atoms. The summed E-state index contributed by atoms with van der Waals surface area (Å²) in [6, 6.07) is 1.97. The molecule has 0 saturated carbocycles. The van der Waals surface area contributed by atoms with Crippen molar-refractivity contribution in [3.8, 4) is 0 Å². The zero-order valence-corrected chi connectivity index (χ0v) is 11.4. The van der Waals surface area contributed by atoms with Gasteiger partial charge in [-0.15, -0.1) is 0 Å². The van der Waals surface area contributed by atoms with E-state index >= 15 is 0 Å². The summed E-state index contributed by atoms with van der Waals surface area (Å²) in [5.74, 6) is 0.932. The molecule has 0 aliphatic carbocycles. The Labute approximate surface area is 116 Å². The zero-order chi connectivity index (χ0) is 13.8. The van der Waals surface area contributed by atoms with Crippen LogP contribution in [0.1, 0.15) is 23.5 Å². The SMILES string of the molecule is Cc1cc2ncc(CNCCCc3ncn[nH]3)cn2n1. The second-order valence-electron chi connectivity index (χ2n) is 4.76. The standard InChI is InChI=1S/C13H17N7/c1-10-5-13-15-7-11(8-20(13)19-10)6-14-4-2-3-12-16-9-17-18-12/h5,7-9,14H,2-4,6H2,1H3,(H,16,17,18). The van der Waals surface area contributed by atoms with Crippen LogP contribution in [0.3, 0.4) is 0 Å². The van der Waals surface area contributed by atoms with Gasteiger partial charge in [-0.05, 0) is 19.9 Å². The fraction of sp³-hybridized carbons (Fsp3) is 0.385. The Kier molecular flexibility index (Phi) is 3.69. The number of nitrogens with one attached hydrogen (secondary N) is 2. The molecule has 2 N–H and O–H groups in total. The molecule has 104 valence electrons. The summed E-state index contributed by atoms with van der Waals surface area (Å²) in [7, 11) is 0. The van der Waals surface area contributed by atoms with Gasteiger partial charge in [-0.2, -0.15) is 10.2 Å². The van der Waals surface area contributed by atoms with E-state index in [9.17, 15) is 0 Å². The number of rotatable bonds is 6. The Morgan fingerprint density at radius 1 is 1.35 bits per heavy atom. The van der Waals surface area contributed by atoms with E-state index in [1.807, 2.05) is 29.9 Å². The van der Waals surface area contributed by atoms with Crippen LogP contribution >= 0.6 is 0 Å². The molecule has 0 fully saturated rings. The van der Waals surface area contributed by atoms with Crippen molar-refractivity contribution in [2.24, 2.45) is 0 Å². The summed E-state index contributed by atoms with van der Waals surface area (Å²) in [6.07, 6.45) is 7.36. The van der Waals surface area contributed by atoms with E-state index in [-0.39, 0.29) is 0 Å². The molecule has 3 aromatic rings. The van der Waals surface area contributed by atoms with Gasteiger partial charge in [0.2, 0.25) is 0 Å². The smallest absolute Gasteiger partial charge is 0.155 e. The Morgan fingerprint density at radius 3 is 3.15 bits per heavy atom. The van der Waals surface area contributed by atoms with E-state index in [0.717, 1.165) is 48.7 Å². The second kappa shape index (κ2) is 5.79. The lowest BCUT2D eigenvalue weighted by Crippen LogP contribution is -2.16. The third kappa shape index (κ3) is 3.00. The molecule has 0 aliphatic rings. The molecular weight excluding hydrogens is 254 g/mol. The summed E-state index contributed by atoms with van der Waals surface area (Å²) < 4.78 is 1.82. The van der Waals surface area contributed by atoms with Crippen LogP contribution in [-0.2, 0) is 13.0 Å². The number of hydrogen-bond acceptors (Lipinski definition) is 5. The monoisotopic (exact) mass is 271 g/mol. The van der Waals surface area contributed by atoms with Gasteiger partial charge in [-0.1, -0.05) is 0 Å². The van der Waals surface area contributed by atoms with Crippen LogP contribution in [0.5, 0.6) is 0 Å². The summed E-state index contributed by atoms with van der Waals surface area (Å²) in [6.45, 7) is 3.69. The molecule has 0 radical (unpaired) electrons. The van der Waals surface area contributed by atoms with E-state index in [2.05, 4.69) is 30.6 Å². The first-order chi connectivity index (χ1) is 9.81. The molecule has 3 rings (SSSR count). The fourth-order valence-electron chi connectivity index (χ4n) is 2.09. The average molecular weight is 271 g/mol. The van der Waals surface area contributed by atoms with Gasteiger partial charge in [0.25, 0.3) is 0 Å². The van der Waals surface area contributed by atoms with Crippen LogP contribution in [0.25, 0.3) is 5.65 Å². The summed E-state index contributed by atoms with van der Waals surface area (Å²) in [5, 5.41) is 14.4. The first-order valence-corrected chi connectivity index (χ1v) is 6.67. The quantitative estimate of drug-likeness (QED) is 0.650. The molecule has 0 spiro atoms. The Bertz CT molecular complexity index is 671. The van der Waals surface area contributed by atoms with E-state index in [1.54, 1.807) is 0 Å². The van der Waals surface area contributed by atoms with Crippen LogP contribution in [0, 0.1) is 6.92 Å². The van der Waals surface area contributed by atoms with Crippen LogP contribution < -0.4 is 5.32 Å². The van der Waals surface area contributed by atoms with Crippen molar-refractivity contribution in [3.05, 3.63) is 41.9 Å². The molecule has 0 atom stereocenters. The number of aromatic amines is 1. The topological polar surface area (TPSA) is 83.8 Å². The molecule has 7 nitrogen and oxygen atoms in total. The molecule has 20 heavy (non-hydrogen) atoms. The lowest BCUT2D eigenvalue weighted by Gasteiger charge is -2.04. The molecule has 3 heterocycles. The van der Waals surface area contributed by atoms with Crippen molar-refractivity contribution in [3.63, 3.8) is 0 Å². The lowest BCUT2D eigenvalue weighted by molar-refractivity contribution is 0.636. The summed E-state index contributed by atoms with van der Waals surface area (Å²) in [4.78, 5) is 8.47.